The fraction of sp³-hybridized carbons (Fsp3) is 0.400. The van der Waals surface area contributed by atoms with Crippen molar-refractivity contribution in [1.29, 1.82) is 0 Å². The maximum atomic E-state index is 15.3. The maximum Gasteiger partial charge on any atom is 0.257 e. The Kier molecular flexibility index (Phi) is 7.58. The normalized spacial score (nSPS) is 23.6. The predicted molar refractivity (Wildman–Crippen MR) is 168 cm³/mol. The van der Waals surface area contributed by atoms with Crippen molar-refractivity contribution < 1.29 is 18.7 Å². The van der Waals surface area contributed by atoms with Crippen molar-refractivity contribution in [3.63, 3.8) is 0 Å². The summed E-state index contributed by atoms with van der Waals surface area (Å²) in [6, 6.07) is 18.1. The molecule has 2 amide bonds. The van der Waals surface area contributed by atoms with Gasteiger partial charge in [-0.3, -0.25) is 14.3 Å². The lowest BCUT2D eigenvalue weighted by molar-refractivity contribution is -0.124. The molecular weight excluding hydrogens is 557 g/mol. The van der Waals surface area contributed by atoms with Gasteiger partial charge in [0.05, 0.1) is 48.5 Å². The highest BCUT2D eigenvalue weighted by atomic mass is 19.1. The molecule has 1 aromatic heterocycles. The van der Waals surface area contributed by atoms with Crippen molar-refractivity contribution >= 4 is 34.1 Å². The van der Waals surface area contributed by atoms with Crippen LogP contribution in [-0.4, -0.2) is 51.8 Å². The van der Waals surface area contributed by atoms with Crippen LogP contribution in [0.4, 0.5) is 15.8 Å². The number of amides is 2. The van der Waals surface area contributed by atoms with Gasteiger partial charge >= 0.3 is 0 Å². The van der Waals surface area contributed by atoms with Crippen LogP contribution >= 0.6 is 0 Å². The number of ether oxygens (including phenoxy) is 1. The number of aryl methyl sites for hydroxylation is 2. The van der Waals surface area contributed by atoms with Gasteiger partial charge in [0, 0.05) is 35.8 Å². The molecule has 2 aliphatic heterocycles. The molecule has 3 heterocycles. The molecule has 4 aromatic rings. The average Bonchev–Trinajstić information content (AvgIpc) is 3.78. The molecule has 7 rings (SSSR count). The Morgan fingerprint density at radius 1 is 1.00 bits per heavy atom. The summed E-state index contributed by atoms with van der Waals surface area (Å²) in [5.41, 5.74) is 4.11. The average molecular weight is 596 g/mol. The van der Waals surface area contributed by atoms with Gasteiger partial charge in [-0.2, -0.15) is 5.10 Å². The summed E-state index contributed by atoms with van der Waals surface area (Å²) in [7, 11) is 1.88. The quantitative estimate of drug-likeness (QED) is 0.276. The molecule has 3 aromatic carbocycles. The number of fused-ring (bicyclic) bond motifs is 2. The molecule has 2 N–H and O–H groups in total. The van der Waals surface area contributed by atoms with E-state index in [0.717, 1.165) is 35.0 Å². The van der Waals surface area contributed by atoms with Gasteiger partial charge in [0.1, 0.15) is 5.82 Å². The molecule has 1 saturated carbocycles. The molecule has 9 heteroatoms. The molecule has 2 saturated heterocycles. The number of nitrogens with zero attached hydrogens (tertiary/aromatic N) is 3. The number of benzene rings is 3. The first kappa shape index (κ1) is 28.5. The zero-order valence-corrected chi connectivity index (χ0v) is 25.1. The van der Waals surface area contributed by atoms with Crippen LogP contribution < -0.4 is 10.6 Å². The van der Waals surface area contributed by atoms with Crippen LogP contribution in [0, 0.1) is 24.6 Å². The summed E-state index contributed by atoms with van der Waals surface area (Å²) in [5.74, 6) is -1.76. The second kappa shape index (κ2) is 11.7. The van der Waals surface area contributed by atoms with E-state index in [9.17, 15) is 9.59 Å². The standard InChI is InChI=1S/C35H38FN5O3/c1-21-6-5-9-29(36)32(21)35(43)41-31-20-44-19-24(31)17-28(34(42)39-27-14-15-30-23(16-27)18-37-40(30)2)33(41)22-10-12-26(13-11-22)38-25-7-3-4-8-25/h5-6,9-16,18,24-25,28,31,33,38H,3-4,7-8,17,19-20H2,1-2H3,(H,39,42)/t24?,28?,31?,33-/m0/s1. The highest BCUT2D eigenvalue weighted by molar-refractivity contribution is 5.99. The molecular formula is C35H38FN5O3. The number of carbonyl (C=O) groups excluding carboxylic acids is 2. The van der Waals surface area contributed by atoms with Gasteiger partial charge in [0.15, 0.2) is 0 Å². The van der Waals surface area contributed by atoms with E-state index in [4.69, 9.17) is 4.74 Å². The van der Waals surface area contributed by atoms with Crippen molar-refractivity contribution in [2.75, 3.05) is 23.8 Å². The number of carbonyl (C=O) groups is 2. The SMILES string of the molecule is Cc1cccc(F)c1C(=O)N1C2COCC2CC(C(=O)Nc2ccc3c(cnn3C)c2)[C@@H]1c1ccc(NC2CCCC2)cc1. The summed E-state index contributed by atoms with van der Waals surface area (Å²) in [5, 5.41) is 12.0. The molecule has 228 valence electrons. The van der Waals surface area contributed by atoms with Crippen LogP contribution in [0.15, 0.2) is 66.9 Å². The number of piperidine rings is 1. The molecule has 0 radical (unpaired) electrons. The molecule has 0 bridgehead atoms. The molecule has 4 atom stereocenters. The highest BCUT2D eigenvalue weighted by Gasteiger charge is 2.51. The first-order chi connectivity index (χ1) is 21.4. The first-order valence-corrected chi connectivity index (χ1v) is 15.6. The van der Waals surface area contributed by atoms with Crippen molar-refractivity contribution in [3.05, 3.63) is 89.4 Å². The van der Waals surface area contributed by atoms with E-state index in [0.29, 0.717) is 36.9 Å². The third kappa shape index (κ3) is 5.23. The number of rotatable bonds is 6. The van der Waals surface area contributed by atoms with E-state index in [1.54, 1.807) is 34.8 Å². The molecule has 3 fully saturated rings. The second-order valence-electron chi connectivity index (χ2n) is 12.6. The van der Waals surface area contributed by atoms with Gasteiger partial charge in [-0.25, -0.2) is 4.39 Å². The topological polar surface area (TPSA) is 88.5 Å². The number of nitrogens with one attached hydrogen (secondary N) is 2. The van der Waals surface area contributed by atoms with E-state index in [1.165, 1.54) is 18.9 Å². The molecule has 8 nitrogen and oxygen atoms in total. The molecule has 0 spiro atoms. The minimum Gasteiger partial charge on any atom is -0.382 e. The number of halogens is 1. The van der Waals surface area contributed by atoms with E-state index in [-0.39, 0.29) is 23.4 Å². The van der Waals surface area contributed by atoms with Gasteiger partial charge < -0.3 is 20.3 Å². The van der Waals surface area contributed by atoms with Gasteiger partial charge in [-0.15, -0.1) is 0 Å². The Bertz CT molecular complexity index is 1680. The minimum absolute atomic E-state index is 0.0397. The van der Waals surface area contributed by atoms with E-state index in [1.807, 2.05) is 49.5 Å². The van der Waals surface area contributed by atoms with E-state index >= 15 is 4.39 Å². The van der Waals surface area contributed by atoms with Gasteiger partial charge in [0.25, 0.3) is 5.91 Å². The predicted octanol–water partition coefficient (Wildman–Crippen LogP) is 6.23. The van der Waals surface area contributed by atoms with Gasteiger partial charge in [0.2, 0.25) is 5.91 Å². The molecule has 3 unspecified atom stereocenters. The second-order valence-corrected chi connectivity index (χ2v) is 12.6. The Hall–Kier alpha value is -4.24. The van der Waals surface area contributed by atoms with Crippen molar-refractivity contribution in [2.24, 2.45) is 18.9 Å². The minimum atomic E-state index is -0.605. The lowest BCUT2D eigenvalue weighted by atomic mass is 9.76. The monoisotopic (exact) mass is 595 g/mol. The third-order valence-electron chi connectivity index (χ3n) is 9.76. The van der Waals surface area contributed by atoms with E-state index < -0.39 is 23.7 Å². The third-order valence-corrected chi connectivity index (χ3v) is 9.76. The van der Waals surface area contributed by atoms with Crippen LogP contribution in [-0.2, 0) is 16.6 Å². The first-order valence-electron chi connectivity index (χ1n) is 15.6. The number of hydrogen-bond donors (Lipinski definition) is 2. The van der Waals surface area contributed by atoms with Crippen LogP contribution in [0.3, 0.4) is 0 Å². The summed E-state index contributed by atoms with van der Waals surface area (Å²) >= 11 is 0. The zero-order chi connectivity index (χ0) is 30.4. The molecule has 44 heavy (non-hydrogen) atoms. The van der Waals surface area contributed by atoms with Crippen molar-refractivity contribution in [1.82, 2.24) is 14.7 Å². The lowest BCUT2D eigenvalue weighted by Crippen LogP contribution is -2.55. The maximum absolute atomic E-state index is 15.3. The van der Waals surface area contributed by atoms with Crippen LogP contribution in [0.2, 0.25) is 0 Å². The molecule has 3 aliphatic rings. The molecule has 1 aliphatic carbocycles. The largest absolute Gasteiger partial charge is 0.382 e. The van der Waals surface area contributed by atoms with E-state index in [2.05, 4.69) is 15.7 Å². The van der Waals surface area contributed by atoms with Gasteiger partial charge in [-0.05, 0) is 73.7 Å². The highest BCUT2D eigenvalue weighted by Crippen LogP contribution is 2.46. The summed E-state index contributed by atoms with van der Waals surface area (Å²) in [4.78, 5) is 30.4. The van der Waals surface area contributed by atoms with Crippen molar-refractivity contribution in [3.8, 4) is 0 Å². The van der Waals surface area contributed by atoms with Crippen LogP contribution in [0.25, 0.3) is 10.9 Å². The summed E-state index contributed by atoms with van der Waals surface area (Å²) in [6.07, 6.45) is 7.11. The summed E-state index contributed by atoms with van der Waals surface area (Å²) < 4.78 is 23.0. The number of anilines is 2. The number of likely N-dealkylation sites (tertiary alicyclic amines) is 1. The summed E-state index contributed by atoms with van der Waals surface area (Å²) in [6.45, 7) is 2.56. The Morgan fingerprint density at radius 2 is 1.77 bits per heavy atom. The van der Waals surface area contributed by atoms with Crippen LogP contribution in [0.5, 0.6) is 0 Å². The number of hydrogen-bond acceptors (Lipinski definition) is 5. The Balaban J connectivity index is 1.27. The van der Waals surface area contributed by atoms with Crippen LogP contribution in [0.1, 0.15) is 59.6 Å². The number of aromatic nitrogens is 2. The Morgan fingerprint density at radius 3 is 2.55 bits per heavy atom. The fourth-order valence-electron chi connectivity index (χ4n) is 7.49. The van der Waals surface area contributed by atoms with Crippen molar-refractivity contribution in [2.45, 2.75) is 57.2 Å². The van der Waals surface area contributed by atoms with Gasteiger partial charge in [-0.1, -0.05) is 37.1 Å². The fourth-order valence-corrected chi connectivity index (χ4v) is 7.49. The Labute approximate surface area is 256 Å². The zero-order valence-electron chi connectivity index (χ0n) is 25.1. The smallest absolute Gasteiger partial charge is 0.257 e. The lowest BCUT2D eigenvalue weighted by Gasteiger charge is -2.47.